The first-order chi connectivity index (χ1) is 12.9. The summed E-state index contributed by atoms with van der Waals surface area (Å²) in [4.78, 5) is 5.08. The molecule has 2 fully saturated rings. The number of nitrogens with zero attached hydrogens (tertiary/aromatic N) is 2. The van der Waals surface area contributed by atoms with Crippen LogP contribution in [0.15, 0.2) is 0 Å². The van der Waals surface area contributed by atoms with Crippen LogP contribution >= 0.6 is 0 Å². The fraction of sp³-hybridized carbons (Fsp3) is 1.00. The molecule has 2 aliphatic heterocycles. The van der Waals surface area contributed by atoms with Crippen molar-refractivity contribution in [2.75, 3.05) is 90.9 Å². The molecular formula is C18H44N6OSi2. The van der Waals surface area contributed by atoms with Crippen molar-refractivity contribution >= 4 is 16.6 Å². The van der Waals surface area contributed by atoms with Crippen LogP contribution in [0.3, 0.4) is 0 Å². The van der Waals surface area contributed by atoms with Gasteiger partial charge in [-0.2, -0.15) is 0 Å². The molecule has 0 aromatic rings. The van der Waals surface area contributed by atoms with E-state index in [1.54, 1.807) is 0 Å². The maximum atomic E-state index is 6.71. The van der Waals surface area contributed by atoms with Gasteiger partial charge in [0.1, 0.15) is 0 Å². The number of rotatable bonds is 12. The van der Waals surface area contributed by atoms with E-state index >= 15 is 0 Å². The molecule has 2 aliphatic rings. The minimum Gasteiger partial charge on any atom is -0.454 e. The van der Waals surface area contributed by atoms with Gasteiger partial charge in [-0.1, -0.05) is 0 Å². The summed E-state index contributed by atoms with van der Waals surface area (Å²) in [6.07, 6.45) is 2.10. The zero-order chi connectivity index (χ0) is 19.6. The molecule has 0 unspecified atom stereocenters. The average molecular weight is 417 g/mol. The molecule has 9 heteroatoms. The van der Waals surface area contributed by atoms with E-state index in [2.05, 4.69) is 57.3 Å². The van der Waals surface area contributed by atoms with Crippen LogP contribution in [0.1, 0.15) is 0 Å². The highest BCUT2D eigenvalue weighted by Crippen LogP contribution is 2.13. The Bertz CT molecular complexity index is 365. The van der Waals surface area contributed by atoms with Crippen LogP contribution in [0.4, 0.5) is 0 Å². The van der Waals surface area contributed by atoms with Gasteiger partial charge in [0, 0.05) is 90.9 Å². The Hall–Kier alpha value is 0.154. The first-order valence-corrected chi connectivity index (χ1v) is 17.1. The monoisotopic (exact) mass is 416 g/mol. The minimum atomic E-state index is -1.66. The van der Waals surface area contributed by atoms with Crippen molar-refractivity contribution in [3.8, 4) is 0 Å². The average Bonchev–Trinajstić information content (AvgIpc) is 2.63. The van der Waals surface area contributed by atoms with Crippen molar-refractivity contribution in [2.45, 2.75) is 26.2 Å². The van der Waals surface area contributed by atoms with Crippen molar-refractivity contribution in [3.05, 3.63) is 0 Å². The molecule has 0 aromatic carbocycles. The molecule has 2 saturated heterocycles. The van der Waals surface area contributed by atoms with Gasteiger partial charge in [0.15, 0.2) is 16.6 Å². The van der Waals surface area contributed by atoms with Gasteiger partial charge in [-0.15, -0.1) is 0 Å². The first-order valence-electron chi connectivity index (χ1n) is 10.8. The number of nitrogens with one attached hydrogen (secondary N) is 4. The summed E-state index contributed by atoms with van der Waals surface area (Å²) in [5.74, 6) is 0. The SMILES string of the molecule is C[Si](C)(CNCCN1CCNCC1)O[Si](C)(C)CNCCN1CCNCC1. The number of hydrogen-bond donors (Lipinski definition) is 4. The van der Waals surface area contributed by atoms with Gasteiger partial charge in [-0.05, 0) is 26.2 Å². The quantitative estimate of drug-likeness (QED) is 0.252. The molecule has 0 bridgehead atoms. The van der Waals surface area contributed by atoms with Crippen molar-refractivity contribution in [1.29, 1.82) is 0 Å². The third kappa shape index (κ3) is 10.5. The van der Waals surface area contributed by atoms with E-state index in [1.807, 2.05) is 0 Å². The summed E-state index contributed by atoms with van der Waals surface area (Å²) in [5, 5.41) is 14.2. The summed E-state index contributed by atoms with van der Waals surface area (Å²) < 4.78 is 6.71. The molecule has 0 atom stereocenters. The third-order valence-corrected chi connectivity index (χ3v) is 11.9. The lowest BCUT2D eigenvalue weighted by atomic mass is 10.3. The fourth-order valence-electron chi connectivity index (χ4n) is 3.94. The van der Waals surface area contributed by atoms with Crippen LogP contribution in [0, 0.1) is 0 Å². The maximum Gasteiger partial charge on any atom is 0.187 e. The molecule has 0 saturated carbocycles. The second-order valence-corrected chi connectivity index (χ2v) is 17.7. The van der Waals surface area contributed by atoms with Gasteiger partial charge in [-0.25, -0.2) is 0 Å². The topological polar surface area (TPSA) is 63.8 Å². The predicted molar refractivity (Wildman–Crippen MR) is 120 cm³/mol. The van der Waals surface area contributed by atoms with E-state index in [9.17, 15) is 0 Å². The fourth-order valence-corrected chi connectivity index (χ4v) is 12.1. The van der Waals surface area contributed by atoms with Gasteiger partial charge in [0.2, 0.25) is 0 Å². The van der Waals surface area contributed by atoms with E-state index in [-0.39, 0.29) is 0 Å². The highest BCUT2D eigenvalue weighted by Gasteiger charge is 2.32. The molecule has 0 radical (unpaired) electrons. The second-order valence-electron chi connectivity index (χ2n) is 9.16. The van der Waals surface area contributed by atoms with Crippen LogP contribution in [0.2, 0.25) is 26.2 Å². The van der Waals surface area contributed by atoms with Gasteiger partial charge < -0.3 is 25.4 Å². The molecule has 7 nitrogen and oxygen atoms in total. The van der Waals surface area contributed by atoms with E-state index < -0.39 is 16.6 Å². The molecule has 2 rings (SSSR count). The summed E-state index contributed by atoms with van der Waals surface area (Å²) in [6, 6.07) is 0. The molecule has 2 heterocycles. The molecule has 0 spiro atoms. The van der Waals surface area contributed by atoms with E-state index in [1.165, 1.54) is 26.2 Å². The normalized spacial score (nSPS) is 20.9. The lowest BCUT2D eigenvalue weighted by Crippen LogP contribution is -2.56. The first kappa shape index (κ1) is 23.4. The zero-order valence-corrected chi connectivity index (χ0v) is 20.2. The molecule has 0 aromatic heterocycles. The third-order valence-electron chi connectivity index (χ3n) is 5.28. The lowest BCUT2D eigenvalue weighted by molar-refractivity contribution is 0.242. The van der Waals surface area contributed by atoms with Crippen molar-refractivity contribution < 1.29 is 4.12 Å². The minimum absolute atomic E-state index is 1.05. The molecular weight excluding hydrogens is 372 g/mol. The molecule has 27 heavy (non-hydrogen) atoms. The van der Waals surface area contributed by atoms with Crippen molar-refractivity contribution in [2.24, 2.45) is 0 Å². The Morgan fingerprint density at radius 3 is 1.44 bits per heavy atom. The van der Waals surface area contributed by atoms with E-state index in [0.29, 0.717) is 0 Å². The second kappa shape index (κ2) is 12.0. The van der Waals surface area contributed by atoms with Gasteiger partial charge in [0.25, 0.3) is 0 Å². The number of hydrogen-bond acceptors (Lipinski definition) is 7. The van der Waals surface area contributed by atoms with Crippen LogP contribution in [-0.2, 0) is 4.12 Å². The summed E-state index contributed by atoms with van der Waals surface area (Å²) in [5.41, 5.74) is 0. The van der Waals surface area contributed by atoms with E-state index in [4.69, 9.17) is 4.12 Å². The smallest absolute Gasteiger partial charge is 0.187 e. The van der Waals surface area contributed by atoms with Gasteiger partial charge in [0.05, 0.1) is 0 Å². The Balaban J connectivity index is 1.55. The highest BCUT2D eigenvalue weighted by molar-refractivity contribution is 6.85. The van der Waals surface area contributed by atoms with Gasteiger partial charge in [-0.3, -0.25) is 9.80 Å². The highest BCUT2D eigenvalue weighted by atomic mass is 28.4. The Labute approximate surface area is 169 Å². The van der Waals surface area contributed by atoms with Crippen molar-refractivity contribution in [3.63, 3.8) is 0 Å². The Morgan fingerprint density at radius 1 is 0.704 bits per heavy atom. The molecule has 160 valence electrons. The molecule has 0 amide bonds. The van der Waals surface area contributed by atoms with Crippen LogP contribution in [0.5, 0.6) is 0 Å². The Kier molecular flexibility index (Phi) is 10.4. The standard InChI is InChI=1S/C18H44N6OSi2/c1-26(2,17-21-9-15-23-11-5-19-6-12-23)25-27(3,4)18-22-10-16-24-13-7-20-8-14-24/h19-22H,5-18H2,1-4H3. The van der Waals surface area contributed by atoms with Crippen molar-refractivity contribution in [1.82, 2.24) is 31.1 Å². The van der Waals surface area contributed by atoms with Crippen LogP contribution in [-0.4, -0.2) is 117 Å². The zero-order valence-electron chi connectivity index (χ0n) is 18.2. The summed E-state index contributed by atoms with van der Waals surface area (Å²) in [6.45, 7) is 23.1. The Morgan fingerprint density at radius 2 is 1.07 bits per heavy atom. The predicted octanol–water partition coefficient (Wildman–Crippen LogP) is -0.519. The van der Waals surface area contributed by atoms with Gasteiger partial charge >= 0.3 is 0 Å². The van der Waals surface area contributed by atoms with E-state index in [0.717, 1.165) is 64.7 Å². The lowest BCUT2D eigenvalue weighted by Gasteiger charge is -2.35. The number of piperazine rings is 2. The largest absolute Gasteiger partial charge is 0.454 e. The van der Waals surface area contributed by atoms with Crippen LogP contribution in [0.25, 0.3) is 0 Å². The van der Waals surface area contributed by atoms with Crippen LogP contribution < -0.4 is 21.3 Å². The molecule has 0 aliphatic carbocycles. The maximum absolute atomic E-state index is 6.71. The summed E-state index contributed by atoms with van der Waals surface area (Å²) in [7, 11) is -3.31. The summed E-state index contributed by atoms with van der Waals surface area (Å²) >= 11 is 0. The molecule has 4 N–H and O–H groups in total.